The highest BCUT2D eigenvalue weighted by molar-refractivity contribution is 7.92. The van der Waals surface area contributed by atoms with Gasteiger partial charge < -0.3 is 5.11 Å². The number of aliphatic carboxylic acids is 1. The molecule has 0 atom stereocenters. The number of sulfonamides is 1. The lowest BCUT2D eigenvalue weighted by molar-refractivity contribution is -0.136. The fourth-order valence-electron chi connectivity index (χ4n) is 1.59. The molecule has 2 N–H and O–H groups in total. The number of carboxylic acid groups (broad SMARTS) is 1. The summed E-state index contributed by atoms with van der Waals surface area (Å²) >= 11 is 0. The van der Waals surface area contributed by atoms with Crippen molar-refractivity contribution in [2.75, 3.05) is 6.54 Å². The molecule has 5 nitrogen and oxygen atoms in total. The SMILES string of the molecule is CCCCCCCC/C=C/S(=O)(=O)NCCC(=O)O. The van der Waals surface area contributed by atoms with Crippen LogP contribution in [0.4, 0.5) is 0 Å². The average Bonchev–Trinajstić information content (AvgIpc) is 2.31. The van der Waals surface area contributed by atoms with Gasteiger partial charge in [-0.15, -0.1) is 0 Å². The fraction of sp³-hybridized carbons (Fsp3) is 0.769. The van der Waals surface area contributed by atoms with Crippen LogP contribution >= 0.6 is 0 Å². The highest BCUT2D eigenvalue weighted by Crippen LogP contribution is 2.07. The number of carbonyl (C=O) groups is 1. The normalized spacial score (nSPS) is 12.1. The second kappa shape index (κ2) is 11.0. The zero-order chi connectivity index (χ0) is 14.6. The lowest BCUT2D eigenvalue weighted by Gasteiger charge is -2.00. The van der Waals surface area contributed by atoms with Crippen molar-refractivity contribution in [1.82, 2.24) is 4.72 Å². The van der Waals surface area contributed by atoms with Gasteiger partial charge in [-0.1, -0.05) is 45.1 Å². The Balaban J connectivity index is 3.64. The second-order valence-corrected chi connectivity index (χ2v) is 6.16. The van der Waals surface area contributed by atoms with Gasteiger partial charge in [0.15, 0.2) is 0 Å². The van der Waals surface area contributed by atoms with Crippen molar-refractivity contribution in [2.45, 2.75) is 58.3 Å². The Morgan fingerprint density at radius 3 is 2.42 bits per heavy atom. The molecule has 0 aliphatic carbocycles. The lowest BCUT2D eigenvalue weighted by Crippen LogP contribution is -2.24. The van der Waals surface area contributed by atoms with Gasteiger partial charge in [0.2, 0.25) is 10.0 Å². The Hall–Kier alpha value is -0.880. The van der Waals surface area contributed by atoms with Gasteiger partial charge in [-0.2, -0.15) is 0 Å². The van der Waals surface area contributed by atoms with Crippen LogP contribution in [0.15, 0.2) is 11.5 Å². The van der Waals surface area contributed by atoms with E-state index in [4.69, 9.17) is 5.11 Å². The minimum absolute atomic E-state index is 0.0704. The van der Waals surface area contributed by atoms with Gasteiger partial charge >= 0.3 is 5.97 Å². The van der Waals surface area contributed by atoms with Crippen molar-refractivity contribution in [3.63, 3.8) is 0 Å². The third-order valence-corrected chi connectivity index (χ3v) is 3.80. The Morgan fingerprint density at radius 2 is 1.79 bits per heavy atom. The van der Waals surface area contributed by atoms with Crippen LogP contribution in [0.2, 0.25) is 0 Å². The van der Waals surface area contributed by atoms with Crippen LogP contribution in [0.5, 0.6) is 0 Å². The average molecular weight is 291 g/mol. The largest absolute Gasteiger partial charge is 0.481 e. The van der Waals surface area contributed by atoms with Crippen molar-refractivity contribution >= 4 is 16.0 Å². The number of nitrogens with one attached hydrogen (secondary N) is 1. The summed E-state index contributed by atoms with van der Waals surface area (Å²) in [5.74, 6) is -1.02. The molecule has 0 aromatic carbocycles. The van der Waals surface area contributed by atoms with Crippen LogP contribution < -0.4 is 4.72 Å². The predicted molar refractivity (Wildman–Crippen MR) is 76.3 cm³/mol. The van der Waals surface area contributed by atoms with E-state index < -0.39 is 16.0 Å². The Kier molecular flexibility index (Phi) is 10.5. The minimum Gasteiger partial charge on any atom is -0.481 e. The van der Waals surface area contributed by atoms with Crippen molar-refractivity contribution in [1.29, 1.82) is 0 Å². The number of carboxylic acids is 1. The predicted octanol–water partition coefficient (Wildman–Crippen LogP) is 2.64. The molecule has 0 unspecified atom stereocenters. The number of rotatable bonds is 12. The van der Waals surface area contributed by atoms with Crippen LogP contribution in [0.1, 0.15) is 58.3 Å². The van der Waals surface area contributed by atoms with E-state index >= 15 is 0 Å². The summed E-state index contributed by atoms with van der Waals surface area (Å²) in [5.41, 5.74) is 0. The third kappa shape index (κ3) is 13.4. The van der Waals surface area contributed by atoms with Gasteiger partial charge in [0.1, 0.15) is 0 Å². The van der Waals surface area contributed by atoms with Crippen LogP contribution in [-0.4, -0.2) is 26.0 Å². The first-order chi connectivity index (χ1) is 8.98. The van der Waals surface area contributed by atoms with Crippen molar-refractivity contribution in [3.8, 4) is 0 Å². The summed E-state index contributed by atoms with van der Waals surface area (Å²) in [6, 6.07) is 0. The van der Waals surface area contributed by atoms with Crippen LogP contribution in [0.3, 0.4) is 0 Å². The molecular formula is C13H25NO4S. The molecule has 0 radical (unpaired) electrons. The van der Waals surface area contributed by atoms with E-state index in [1.807, 2.05) is 0 Å². The fourth-order valence-corrected chi connectivity index (χ4v) is 2.46. The maximum absolute atomic E-state index is 11.4. The first kappa shape index (κ1) is 18.1. The summed E-state index contributed by atoms with van der Waals surface area (Å²) in [6.07, 6.45) is 9.21. The molecule has 19 heavy (non-hydrogen) atoms. The van der Waals surface area contributed by atoms with Crippen molar-refractivity contribution in [2.24, 2.45) is 0 Å². The maximum atomic E-state index is 11.4. The van der Waals surface area contributed by atoms with Crippen LogP contribution in [-0.2, 0) is 14.8 Å². The van der Waals surface area contributed by atoms with Crippen LogP contribution in [0.25, 0.3) is 0 Å². The first-order valence-electron chi connectivity index (χ1n) is 6.86. The van der Waals surface area contributed by atoms with Gasteiger partial charge in [0, 0.05) is 12.0 Å². The Bertz CT molecular complexity index is 363. The lowest BCUT2D eigenvalue weighted by atomic mass is 10.1. The molecule has 0 amide bonds. The second-order valence-electron chi connectivity index (χ2n) is 4.51. The molecule has 0 aliphatic rings. The molecule has 0 fully saturated rings. The molecule has 0 spiro atoms. The van der Waals surface area contributed by atoms with Gasteiger partial charge in [-0.25, -0.2) is 13.1 Å². The summed E-state index contributed by atoms with van der Waals surface area (Å²) in [7, 11) is -3.47. The van der Waals surface area contributed by atoms with E-state index in [0.29, 0.717) is 0 Å². The molecule has 0 bridgehead atoms. The van der Waals surface area contributed by atoms with E-state index in [9.17, 15) is 13.2 Å². The molecule has 0 aromatic heterocycles. The van der Waals surface area contributed by atoms with E-state index in [0.717, 1.165) is 24.7 Å². The standard InChI is InChI=1S/C13H25NO4S/c1-2-3-4-5-6-7-8-9-12-19(17,18)14-11-10-13(15)16/h9,12,14H,2-8,10-11H2,1H3,(H,15,16)/b12-9+. The van der Waals surface area contributed by atoms with E-state index in [1.54, 1.807) is 6.08 Å². The summed E-state index contributed by atoms with van der Waals surface area (Å²) in [6.45, 7) is 2.10. The summed E-state index contributed by atoms with van der Waals surface area (Å²) in [5, 5.41) is 9.52. The zero-order valence-electron chi connectivity index (χ0n) is 11.6. The van der Waals surface area contributed by atoms with Crippen LogP contribution in [0, 0.1) is 0 Å². The summed E-state index contributed by atoms with van der Waals surface area (Å²) in [4.78, 5) is 10.2. The van der Waals surface area contributed by atoms with E-state index in [2.05, 4.69) is 11.6 Å². The number of allylic oxidation sites excluding steroid dienone is 1. The first-order valence-corrected chi connectivity index (χ1v) is 8.40. The zero-order valence-corrected chi connectivity index (χ0v) is 12.4. The molecule has 0 saturated heterocycles. The molecule has 6 heteroatoms. The topological polar surface area (TPSA) is 83.5 Å². The molecule has 0 rings (SSSR count). The highest BCUT2D eigenvalue weighted by Gasteiger charge is 2.05. The Labute approximate surface area is 116 Å². The van der Waals surface area contributed by atoms with Gasteiger partial charge in [0.05, 0.1) is 6.42 Å². The number of hydrogen-bond acceptors (Lipinski definition) is 3. The smallest absolute Gasteiger partial charge is 0.304 e. The molecule has 0 aromatic rings. The van der Waals surface area contributed by atoms with Gasteiger partial charge in [-0.3, -0.25) is 4.79 Å². The Morgan fingerprint density at radius 1 is 1.16 bits per heavy atom. The molecule has 0 saturated carbocycles. The quantitative estimate of drug-likeness (QED) is 0.541. The minimum atomic E-state index is -3.47. The number of unbranched alkanes of at least 4 members (excludes halogenated alkanes) is 6. The number of hydrogen-bond donors (Lipinski definition) is 2. The van der Waals surface area contributed by atoms with E-state index in [-0.39, 0.29) is 13.0 Å². The van der Waals surface area contributed by atoms with E-state index in [1.165, 1.54) is 25.7 Å². The van der Waals surface area contributed by atoms with Crippen molar-refractivity contribution in [3.05, 3.63) is 11.5 Å². The van der Waals surface area contributed by atoms with Crippen molar-refractivity contribution < 1.29 is 18.3 Å². The molecular weight excluding hydrogens is 266 g/mol. The van der Waals surface area contributed by atoms with Gasteiger partial charge in [0.25, 0.3) is 0 Å². The molecule has 0 aliphatic heterocycles. The maximum Gasteiger partial charge on any atom is 0.304 e. The molecule has 112 valence electrons. The highest BCUT2D eigenvalue weighted by atomic mass is 32.2. The summed E-state index contributed by atoms with van der Waals surface area (Å²) < 4.78 is 25.0. The third-order valence-electron chi connectivity index (χ3n) is 2.64. The monoisotopic (exact) mass is 291 g/mol. The van der Waals surface area contributed by atoms with Gasteiger partial charge in [-0.05, 0) is 12.8 Å². The molecule has 0 heterocycles.